The number of urea groups is 1. The minimum absolute atomic E-state index is 0.00341. The highest BCUT2D eigenvalue weighted by Gasteiger charge is 2.63. The molecule has 1 aromatic carbocycles. The summed E-state index contributed by atoms with van der Waals surface area (Å²) in [6.45, 7) is 5.68. The molecule has 5 atom stereocenters. The topological polar surface area (TPSA) is 186 Å². The molecule has 0 unspecified atom stereocenters. The number of hydrogen-bond donors (Lipinski definition) is 3. The third-order valence-electron chi connectivity index (χ3n) is 11.1. The number of benzene rings is 1. The van der Waals surface area contributed by atoms with Crippen LogP contribution in [0.4, 0.5) is 4.79 Å². The monoisotopic (exact) mass is 768 g/mol. The van der Waals surface area contributed by atoms with Gasteiger partial charge in [0.05, 0.1) is 30.5 Å². The van der Waals surface area contributed by atoms with Crippen LogP contribution in [-0.4, -0.2) is 110 Å². The van der Waals surface area contributed by atoms with Crippen molar-refractivity contribution in [3.8, 4) is 17.4 Å². The van der Waals surface area contributed by atoms with E-state index >= 15 is 0 Å². The summed E-state index contributed by atoms with van der Waals surface area (Å²) in [7, 11) is 0.762. The van der Waals surface area contributed by atoms with Crippen molar-refractivity contribution in [1.82, 2.24) is 30.1 Å². The molecule has 0 spiro atoms. The van der Waals surface area contributed by atoms with E-state index in [0.29, 0.717) is 67.0 Å². The zero-order valence-corrected chi connectivity index (χ0v) is 32.7. The Morgan fingerprint density at radius 2 is 1.89 bits per heavy atom. The molecule has 1 saturated heterocycles. The van der Waals surface area contributed by atoms with E-state index in [0.717, 1.165) is 18.4 Å². The molecule has 4 aliphatic rings. The molecule has 3 N–H and O–H groups in total. The third-order valence-corrected chi connectivity index (χ3v) is 13.3. The van der Waals surface area contributed by atoms with Crippen molar-refractivity contribution in [2.24, 2.45) is 5.92 Å². The average Bonchev–Trinajstić information content (AvgIpc) is 4.00. The van der Waals surface area contributed by atoms with Crippen LogP contribution in [-0.2, 0) is 24.4 Å². The molecule has 6 rings (SSSR count). The highest BCUT2D eigenvalue weighted by Crippen LogP contribution is 2.47. The molecule has 294 valence electrons. The van der Waals surface area contributed by atoms with E-state index in [1.54, 1.807) is 34.2 Å². The second kappa shape index (κ2) is 15.3. The highest BCUT2D eigenvalue weighted by molar-refractivity contribution is 7.91. The van der Waals surface area contributed by atoms with E-state index in [1.165, 1.54) is 9.80 Å². The van der Waals surface area contributed by atoms with Gasteiger partial charge in [0.15, 0.2) is 0 Å². The fourth-order valence-electron chi connectivity index (χ4n) is 7.30. The van der Waals surface area contributed by atoms with Gasteiger partial charge in [-0.1, -0.05) is 25.0 Å². The summed E-state index contributed by atoms with van der Waals surface area (Å²) < 4.78 is 45.5. The Morgan fingerprint density at radius 3 is 2.57 bits per heavy atom. The first-order chi connectivity index (χ1) is 25.6. The predicted molar refractivity (Wildman–Crippen MR) is 201 cm³/mol. The molecular weight excluding hydrogens is 717 g/mol. The van der Waals surface area contributed by atoms with Gasteiger partial charge in [0.2, 0.25) is 27.7 Å². The first kappa shape index (κ1) is 39.1. The third kappa shape index (κ3) is 7.80. The van der Waals surface area contributed by atoms with E-state index in [2.05, 4.69) is 20.3 Å². The van der Waals surface area contributed by atoms with Crippen LogP contribution < -0.4 is 29.6 Å². The minimum Gasteiger partial charge on any atom is -0.496 e. The summed E-state index contributed by atoms with van der Waals surface area (Å²) in [6.07, 6.45) is 7.60. The lowest BCUT2D eigenvalue weighted by Crippen LogP contribution is -2.59. The Balaban J connectivity index is 1.35. The number of carbonyl (C=O) groups is 4. The fraction of sp³-hybridized carbons (Fsp3) is 0.605. The van der Waals surface area contributed by atoms with Crippen molar-refractivity contribution in [3.05, 3.63) is 35.9 Å². The number of nitrogens with zero attached hydrogens (tertiary/aromatic N) is 3. The van der Waals surface area contributed by atoms with Crippen LogP contribution in [0.25, 0.3) is 10.9 Å². The molecule has 2 aliphatic carbocycles. The predicted octanol–water partition coefficient (Wildman–Crippen LogP) is 3.33. The summed E-state index contributed by atoms with van der Waals surface area (Å²) in [6, 6.07) is 2.86. The molecule has 3 fully saturated rings. The van der Waals surface area contributed by atoms with E-state index in [1.807, 2.05) is 38.1 Å². The lowest BCUT2D eigenvalue weighted by Gasteiger charge is -2.30. The van der Waals surface area contributed by atoms with Gasteiger partial charge in [-0.3, -0.25) is 19.1 Å². The molecule has 54 heavy (non-hydrogen) atoms. The van der Waals surface area contributed by atoms with Crippen LogP contribution in [0.2, 0.25) is 0 Å². The Morgan fingerprint density at radius 1 is 1.13 bits per heavy atom. The van der Waals surface area contributed by atoms with Crippen molar-refractivity contribution >= 4 is 44.7 Å². The number of sulfonamides is 1. The molecular formula is C38H52N6O9S. The zero-order valence-electron chi connectivity index (χ0n) is 31.9. The van der Waals surface area contributed by atoms with E-state index < -0.39 is 68.2 Å². The number of allylic oxidation sites excluding steroid dienone is 1. The molecule has 0 bridgehead atoms. The molecule has 2 saturated carbocycles. The van der Waals surface area contributed by atoms with Crippen molar-refractivity contribution in [3.63, 3.8) is 0 Å². The number of rotatable bonds is 9. The smallest absolute Gasteiger partial charge is 0.317 e. The van der Waals surface area contributed by atoms with E-state index in [9.17, 15) is 27.6 Å². The minimum atomic E-state index is -3.99. The number of carbonyl (C=O) groups excluding carboxylic acids is 4. The molecule has 2 aliphatic heterocycles. The summed E-state index contributed by atoms with van der Waals surface area (Å²) in [5, 5.41) is 6.43. The van der Waals surface area contributed by atoms with Gasteiger partial charge in [0, 0.05) is 43.5 Å². The van der Waals surface area contributed by atoms with Crippen LogP contribution >= 0.6 is 0 Å². The number of amides is 5. The van der Waals surface area contributed by atoms with E-state index in [4.69, 9.17) is 14.2 Å². The summed E-state index contributed by atoms with van der Waals surface area (Å²) in [4.78, 5) is 63.1. The zero-order chi connectivity index (χ0) is 39.0. The van der Waals surface area contributed by atoms with Crippen LogP contribution in [0.5, 0.6) is 17.4 Å². The van der Waals surface area contributed by atoms with Gasteiger partial charge in [0.25, 0.3) is 5.91 Å². The van der Waals surface area contributed by atoms with Gasteiger partial charge in [0.1, 0.15) is 35.2 Å². The standard InChI is InChI=1S/C38H52N6O9S/c1-7-52-31-20-30(26-15-16-29(51-6)23(2)32(26)40-31)53-25-19-28-33(45)41-38(35(47)42-54(49,50)37(3)17-18-37)21-24(38)13-11-9-8-10-12-14-27(34(46)44(28)22-25)39-36(48)43(4)5/h11,13,15-16,20,24-25,27-28H,7-10,12,14,17-19,21-22H2,1-6H3,(H,39,48)(H,41,45)(H,42,47)/t24-,25-,27+,28+,38-/m1/s1. The lowest BCUT2D eigenvalue weighted by molar-refractivity contribution is -0.141. The summed E-state index contributed by atoms with van der Waals surface area (Å²) in [5.74, 6) is -0.874. The fourth-order valence-corrected chi connectivity index (χ4v) is 8.61. The average molecular weight is 769 g/mol. The maximum absolute atomic E-state index is 14.5. The Hall–Kier alpha value is -4.60. The number of ether oxygens (including phenoxy) is 3. The second-order valence-electron chi connectivity index (χ2n) is 15.3. The van der Waals surface area contributed by atoms with Crippen molar-refractivity contribution in [2.75, 3.05) is 34.4 Å². The largest absolute Gasteiger partial charge is 0.496 e. The van der Waals surface area contributed by atoms with Gasteiger partial charge in [-0.05, 0) is 71.4 Å². The SMILES string of the molecule is CCOc1cc(O[C@@H]2C[C@H]3C(=O)N[C@]4(C(=O)NS(=O)(=O)C5(C)CC5)C[C@H]4C=CCCCCC[C@H](NC(=O)N(C)C)C(=O)N3C2)c2ccc(OC)c(C)c2n1. The molecule has 3 heterocycles. The number of methoxy groups -OCH3 is 1. The first-order valence-electron chi connectivity index (χ1n) is 18.7. The van der Waals surface area contributed by atoms with Crippen LogP contribution in [0.1, 0.15) is 77.2 Å². The normalized spacial score (nSPS) is 26.7. The van der Waals surface area contributed by atoms with Gasteiger partial charge in [-0.2, -0.15) is 0 Å². The summed E-state index contributed by atoms with van der Waals surface area (Å²) >= 11 is 0. The molecule has 5 amide bonds. The maximum atomic E-state index is 14.5. The van der Waals surface area contributed by atoms with Crippen molar-refractivity contribution < 1.29 is 41.8 Å². The Bertz CT molecular complexity index is 1950. The number of hydrogen-bond acceptors (Lipinski definition) is 10. The number of pyridine rings is 1. The first-order valence-corrected chi connectivity index (χ1v) is 20.2. The van der Waals surface area contributed by atoms with Gasteiger partial charge in [-0.15, -0.1) is 0 Å². The molecule has 16 heteroatoms. The maximum Gasteiger partial charge on any atom is 0.317 e. The summed E-state index contributed by atoms with van der Waals surface area (Å²) in [5.41, 5.74) is -0.120. The molecule has 15 nitrogen and oxygen atoms in total. The highest BCUT2D eigenvalue weighted by atomic mass is 32.2. The van der Waals surface area contributed by atoms with Crippen LogP contribution in [0.15, 0.2) is 30.4 Å². The van der Waals surface area contributed by atoms with Gasteiger partial charge in [-0.25, -0.2) is 18.2 Å². The number of aryl methyl sites for hydroxylation is 1. The van der Waals surface area contributed by atoms with Gasteiger partial charge >= 0.3 is 6.03 Å². The van der Waals surface area contributed by atoms with Crippen molar-refractivity contribution in [1.29, 1.82) is 0 Å². The Labute approximate surface area is 316 Å². The second-order valence-corrected chi connectivity index (χ2v) is 17.5. The van der Waals surface area contributed by atoms with Crippen molar-refractivity contribution in [2.45, 2.75) is 107 Å². The number of aromatic nitrogens is 1. The number of fused-ring (bicyclic) bond motifs is 3. The van der Waals surface area contributed by atoms with Crippen LogP contribution in [0, 0.1) is 12.8 Å². The lowest BCUT2D eigenvalue weighted by atomic mass is 10.0. The molecule has 2 aromatic rings. The molecule has 1 aromatic heterocycles. The Kier molecular flexibility index (Phi) is 11.1. The quantitative estimate of drug-likeness (QED) is 0.320. The number of nitrogens with one attached hydrogen (secondary N) is 3. The van der Waals surface area contributed by atoms with Gasteiger partial charge < -0.3 is 34.6 Å². The van der Waals surface area contributed by atoms with Crippen LogP contribution in [0.3, 0.4) is 0 Å². The van der Waals surface area contributed by atoms with E-state index in [-0.39, 0.29) is 19.4 Å². The molecule has 0 radical (unpaired) electrons.